The van der Waals surface area contributed by atoms with Crippen molar-refractivity contribution in [2.45, 2.75) is 140 Å². The van der Waals surface area contributed by atoms with Crippen LogP contribution in [0.2, 0.25) is 0 Å². The highest BCUT2D eigenvalue weighted by Gasteiger charge is 2.33. The molecule has 0 saturated carbocycles. The van der Waals surface area contributed by atoms with E-state index >= 15 is 0 Å². The van der Waals surface area contributed by atoms with E-state index in [4.69, 9.17) is 11.5 Å². The molecule has 1 aliphatic rings. The summed E-state index contributed by atoms with van der Waals surface area (Å²) in [6, 6.07) is 4.00. The Kier molecular flexibility index (Phi) is 21.1. The summed E-state index contributed by atoms with van der Waals surface area (Å²) in [4.78, 5) is 82.6. The average Bonchev–Trinajstić information content (AvgIpc) is 3.10. The lowest BCUT2D eigenvalue weighted by Gasteiger charge is -2.26. The fraction of sp³-hybridized carbons (Fsp3) is 0.649. The van der Waals surface area contributed by atoms with Crippen LogP contribution in [-0.2, 0) is 35.2 Å². The number of carboxylic acids is 1. The third-order valence-electron chi connectivity index (χ3n) is 8.93. The molecule has 52 heavy (non-hydrogen) atoms. The van der Waals surface area contributed by atoms with Crippen molar-refractivity contribution >= 4 is 41.5 Å². The fourth-order valence-corrected chi connectivity index (χ4v) is 6.03. The van der Waals surface area contributed by atoms with Gasteiger partial charge in [-0.1, -0.05) is 114 Å². The van der Waals surface area contributed by atoms with Gasteiger partial charge in [-0.2, -0.15) is 0 Å². The van der Waals surface area contributed by atoms with Crippen LogP contribution in [0.4, 0.5) is 0 Å². The number of nitrogens with one attached hydrogen (secondary N) is 5. The lowest BCUT2D eigenvalue weighted by atomic mass is 10.0. The van der Waals surface area contributed by atoms with E-state index in [0.717, 1.165) is 25.7 Å². The molecule has 290 valence electrons. The van der Waals surface area contributed by atoms with Crippen LogP contribution in [0.25, 0.3) is 0 Å². The van der Waals surface area contributed by atoms with Gasteiger partial charge in [0.2, 0.25) is 29.5 Å². The van der Waals surface area contributed by atoms with E-state index in [1.165, 1.54) is 44.9 Å². The van der Waals surface area contributed by atoms with Crippen LogP contribution < -0.4 is 38.1 Å². The number of nitrogens with zero attached hydrogens (tertiary/aromatic N) is 1. The summed E-state index contributed by atoms with van der Waals surface area (Å²) in [5, 5.41) is 22.4. The molecular formula is C37H60N8O7. The van der Waals surface area contributed by atoms with Gasteiger partial charge in [-0.05, 0) is 24.8 Å². The second kappa shape index (κ2) is 25.3. The van der Waals surface area contributed by atoms with Gasteiger partial charge >= 0.3 is 5.97 Å². The first-order chi connectivity index (χ1) is 25.0. The number of hydrogen-bond acceptors (Lipinski definition) is 7. The topological polar surface area (TPSA) is 247 Å². The second-order valence-electron chi connectivity index (χ2n) is 13.4. The predicted molar refractivity (Wildman–Crippen MR) is 199 cm³/mol. The maximum absolute atomic E-state index is 13.9. The Balaban J connectivity index is 2.26. The van der Waals surface area contributed by atoms with Crippen LogP contribution in [0.1, 0.15) is 115 Å². The normalized spacial score (nSPS) is 20.3. The third-order valence-corrected chi connectivity index (χ3v) is 8.93. The molecule has 0 spiro atoms. The molecular weight excluding hydrogens is 668 g/mol. The summed E-state index contributed by atoms with van der Waals surface area (Å²) in [6.07, 6.45) is 13.5. The van der Waals surface area contributed by atoms with Crippen molar-refractivity contribution in [3.8, 4) is 0 Å². The smallest absolute Gasteiger partial charge is 0.305 e. The summed E-state index contributed by atoms with van der Waals surface area (Å²) in [7, 11) is 0. The summed E-state index contributed by atoms with van der Waals surface area (Å²) < 4.78 is 0. The van der Waals surface area contributed by atoms with Crippen molar-refractivity contribution < 1.29 is 33.9 Å². The second-order valence-corrected chi connectivity index (χ2v) is 13.4. The van der Waals surface area contributed by atoms with Gasteiger partial charge in [0.05, 0.1) is 13.0 Å². The number of carbonyl (C=O) groups is 6. The zero-order valence-electron chi connectivity index (χ0n) is 30.6. The molecule has 1 heterocycles. The lowest BCUT2D eigenvalue weighted by molar-refractivity contribution is -0.141. The molecule has 0 unspecified atom stereocenters. The lowest BCUT2D eigenvalue weighted by Crippen LogP contribution is -2.58. The highest BCUT2D eigenvalue weighted by Crippen LogP contribution is 2.14. The number of rotatable bonds is 21. The Morgan fingerprint density at radius 1 is 0.673 bits per heavy atom. The van der Waals surface area contributed by atoms with Gasteiger partial charge in [-0.3, -0.25) is 33.8 Å². The maximum atomic E-state index is 13.9. The van der Waals surface area contributed by atoms with Gasteiger partial charge in [-0.15, -0.1) is 0 Å². The molecule has 0 aliphatic carbocycles. The van der Waals surface area contributed by atoms with E-state index in [2.05, 4.69) is 38.5 Å². The standard InChI is InChI=1S/C37H60N8O7/c1-2-3-4-5-6-7-8-9-10-11-12-16-20-28-34(50)43-27(21-17-22-40-37(38)39)33(49)41-25-31(46)42-30(24-32(47)48)36(52)45-29(35(51)44-28)23-26-18-14-13-15-19-26/h13-15,18-19,27-30H,2-12,16-17,20-25H2,1H3,(H,41,49)(H,42,46)(H,43,50)(H,44,51)(H,45,52)(H,47,48)(H4,38,39,40)/t27-,28-,29-,30-/m0/s1. The predicted octanol–water partition coefficient (Wildman–Crippen LogP) is 1.92. The first kappa shape index (κ1) is 43.5. The molecule has 15 heteroatoms. The minimum absolute atomic E-state index is 0.0343. The van der Waals surface area contributed by atoms with Crippen molar-refractivity contribution in [2.24, 2.45) is 16.5 Å². The Bertz CT molecular complexity index is 1310. The number of carboxylic acid groups (broad SMARTS) is 1. The molecule has 1 aromatic rings. The Morgan fingerprint density at radius 3 is 1.75 bits per heavy atom. The highest BCUT2D eigenvalue weighted by atomic mass is 16.4. The Hall–Kier alpha value is -4.69. The van der Waals surface area contributed by atoms with Gasteiger partial charge in [0.25, 0.3) is 0 Å². The number of amides is 5. The van der Waals surface area contributed by atoms with E-state index < -0.39 is 72.6 Å². The van der Waals surface area contributed by atoms with Crippen LogP contribution in [0, 0.1) is 0 Å². The fourth-order valence-electron chi connectivity index (χ4n) is 6.03. The molecule has 1 aliphatic heterocycles. The van der Waals surface area contributed by atoms with Crippen molar-refractivity contribution in [1.82, 2.24) is 26.6 Å². The van der Waals surface area contributed by atoms with Crippen LogP contribution in [0.5, 0.6) is 0 Å². The largest absolute Gasteiger partial charge is 0.481 e. The first-order valence-corrected chi connectivity index (χ1v) is 18.8. The molecule has 4 atom stereocenters. The summed E-state index contributed by atoms with van der Waals surface area (Å²) in [5.41, 5.74) is 11.5. The zero-order valence-corrected chi connectivity index (χ0v) is 30.6. The summed E-state index contributed by atoms with van der Waals surface area (Å²) >= 11 is 0. The molecule has 5 amide bonds. The number of aliphatic imine (C=N–C) groups is 1. The van der Waals surface area contributed by atoms with Crippen LogP contribution in [0.3, 0.4) is 0 Å². The number of nitrogens with two attached hydrogens (primary N) is 2. The molecule has 1 aromatic carbocycles. The number of unbranched alkanes of at least 4 members (excludes halogenated alkanes) is 11. The van der Waals surface area contributed by atoms with Gasteiger partial charge in [0.15, 0.2) is 5.96 Å². The molecule has 15 nitrogen and oxygen atoms in total. The molecule has 1 saturated heterocycles. The van der Waals surface area contributed by atoms with Crippen molar-refractivity contribution in [1.29, 1.82) is 0 Å². The molecule has 0 bridgehead atoms. The number of benzene rings is 1. The van der Waals surface area contributed by atoms with Crippen molar-refractivity contribution in [3.05, 3.63) is 35.9 Å². The van der Waals surface area contributed by atoms with Crippen LogP contribution in [0.15, 0.2) is 35.3 Å². The molecule has 0 radical (unpaired) electrons. The molecule has 1 fully saturated rings. The van der Waals surface area contributed by atoms with Gasteiger partial charge in [0.1, 0.15) is 24.2 Å². The number of hydrogen-bond donors (Lipinski definition) is 8. The number of carbonyl (C=O) groups excluding carboxylic acids is 5. The van der Waals surface area contributed by atoms with E-state index in [-0.39, 0.29) is 31.8 Å². The maximum Gasteiger partial charge on any atom is 0.305 e. The molecule has 10 N–H and O–H groups in total. The van der Waals surface area contributed by atoms with Crippen LogP contribution >= 0.6 is 0 Å². The molecule has 0 aromatic heterocycles. The van der Waals surface area contributed by atoms with E-state index in [1.54, 1.807) is 30.3 Å². The Morgan fingerprint density at radius 2 is 1.17 bits per heavy atom. The van der Waals surface area contributed by atoms with Gasteiger partial charge < -0.3 is 43.2 Å². The summed E-state index contributed by atoms with van der Waals surface area (Å²) in [5.74, 6) is -5.14. The van der Waals surface area contributed by atoms with Crippen molar-refractivity contribution in [3.63, 3.8) is 0 Å². The van der Waals surface area contributed by atoms with E-state index in [1.807, 2.05) is 0 Å². The third kappa shape index (κ3) is 18.5. The van der Waals surface area contributed by atoms with E-state index in [0.29, 0.717) is 18.4 Å². The average molecular weight is 729 g/mol. The Labute approximate surface area is 307 Å². The van der Waals surface area contributed by atoms with Gasteiger partial charge in [0, 0.05) is 13.0 Å². The minimum atomic E-state index is -1.54. The monoisotopic (exact) mass is 728 g/mol. The van der Waals surface area contributed by atoms with Gasteiger partial charge in [-0.25, -0.2) is 0 Å². The number of guanidine groups is 1. The summed E-state index contributed by atoms with van der Waals surface area (Å²) in [6.45, 7) is 1.81. The van der Waals surface area contributed by atoms with Crippen LogP contribution in [-0.4, -0.2) is 83.8 Å². The minimum Gasteiger partial charge on any atom is -0.481 e. The first-order valence-electron chi connectivity index (χ1n) is 18.8. The SMILES string of the molecule is CCCCCCCCCCCCCC[C@@H]1NC(=O)[C@H](Cc2ccccc2)NC(=O)[C@H](CC(=O)O)NC(=O)CNC(=O)[C@H](CCCN=C(N)N)NC1=O. The van der Waals surface area contributed by atoms with E-state index in [9.17, 15) is 33.9 Å². The highest BCUT2D eigenvalue weighted by molar-refractivity contribution is 5.98. The molecule has 2 rings (SSSR count). The zero-order chi connectivity index (χ0) is 38.1. The quantitative estimate of drug-likeness (QED) is 0.0523. The van der Waals surface area contributed by atoms with Crippen molar-refractivity contribution in [2.75, 3.05) is 13.1 Å². The number of aliphatic carboxylic acids is 1.